The second-order valence-electron chi connectivity index (χ2n) is 7.94. The largest absolute Gasteiger partial charge is 0.482 e. The van der Waals surface area contributed by atoms with Gasteiger partial charge in [0.25, 0.3) is 5.91 Å². The fourth-order valence-electron chi connectivity index (χ4n) is 3.83. The van der Waals surface area contributed by atoms with Gasteiger partial charge in [0.15, 0.2) is 6.61 Å². The minimum Gasteiger partial charge on any atom is -0.482 e. The average Bonchev–Trinajstić information content (AvgIpc) is 2.83. The molecule has 1 amide bonds. The van der Waals surface area contributed by atoms with Gasteiger partial charge in [-0.1, -0.05) is 66.2 Å². The van der Waals surface area contributed by atoms with Gasteiger partial charge in [-0.05, 0) is 48.2 Å². The van der Waals surface area contributed by atoms with E-state index in [1.54, 1.807) is 0 Å². The lowest BCUT2D eigenvalue weighted by Crippen LogP contribution is -2.35. The van der Waals surface area contributed by atoms with Crippen molar-refractivity contribution in [1.82, 2.24) is 9.62 Å². The highest BCUT2D eigenvalue weighted by molar-refractivity contribution is 7.89. The van der Waals surface area contributed by atoms with Crippen molar-refractivity contribution in [3.63, 3.8) is 0 Å². The van der Waals surface area contributed by atoms with Gasteiger partial charge in [-0.25, -0.2) is 8.42 Å². The monoisotopic (exact) mass is 484 g/mol. The molecule has 1 aliphatic rings. The summed E-state index contributed by atoms with van der Waals surface area (Å²) >= 11 is 6.30. The molecule has 3 aromatic rings. The summed E-state index contributed by atoms with van der Waals surface area (Å²) < 4.78 is 33.3. The number of amides is 1. The van der Waals surface area contributed by atoms with Crippen LogP contribution in [0.1, 0.15) is 29.7 Å². The Morgan fingerprint density at radius 3 is 2.48 bits per heavy atom. The highest BCUT2D eigenvalue weighted by Gasteiger charge is 2.28. The van der Waals surface area contributed by atoms with E-state index in [0.29, 0.717) is 19.5 Å². The minimum atomic E-state index is -3.71. The summed E-state index contributed by atoms with van der Waals surface area (Å²) in [6.45, 7) is 2.40. The summed E-state index contributed by atoms with van der Waals surface area (Å²) in [7, 11) is -3.71. The number of ether oxygens (including phenoxy) is 1. The van der Waals surface area contributed by atoms with Gasteiger partial charge in [0.05, 0.1) is 16.0 Å². The van der Waals surface area contributed by atoms with E-state index >= 15 is 0 Å². The third-order valence-electron chi connectivity index (χ3n) is 5.67. The Labute approximate surface area is 199 Å². The van der Waals surface area contributed by atoms with Crippen molar-refractivity contribution in [2.45, 2.75) is 30.8 Å². The van der Waals surface area contributed by atoms with Crippen molar-refractivity contribution in [2.24, 2.45) is 0 Å². The van der Waals surface area contributed by atoms with Gasteiger partial charge in [-0.3, -0.25) is 4.79 Å². The van der Waals surface area contributed by atoms with E-state index in [4.69, 9.17) is 16.3 Å². The third kappa shape index (κ3) is 5.38. The molecule has 1 heterocycles. The van der Waals surface area contributed by atoms with Crippen LogP contribution in [-0.2, 0) is 27.8 Å². The number of carbonyl (C=O) groups is 1. The van der Waals surface area contributed by atoms with Crippen LogP contribution in [0.2, 0.25) is 5.02 Å². The Hall–Kier alpha value is -2.87. The van der Waals surface area contributed by atoms with E-state index in [9.17, 15) is 13.2 Å². The molecule has 1 N–H and O–H groups in total. The fraction of sp³-hybridized carbons (Fsp3) is 0.240. The smallest absolute Gasteiger partial charge is 0.258 e. The summed E-state index contributed by atoms with van der Waals surface area (Å²) in [4.78, 5) is 12.4. The van der Waals surface area contributed by atoms with Crippen LogP contribution in [-0.4, -0.2) is 31.8 Å². The molecule has 33 heavy (non-hydrogen) atoms. The molecule has 1 aliphatic heterocycles. The first-order valence-electron chi connectivity index (χ1n) is 10.7. The maximum atomic E-state index is 13.1. The molecule has 0 aliphatic carbocycles. The lowest BCUT2D eigenvalue weighted by molar-refractivity contribution is -0.123. The number of hydrogen-bond acceptors (Lipinski definition) is 4. The van der Waals surface area contributed by atoms with Crippen LogP contribution in [0.3, 0.4) is 0 Å². The number of halogens is 1. The Bertz CT molecular complexity index is 1250. The summed E-state index contributed by atoms with van der Waals surface area (Å²) in [5.74, 6) is -0.0479. The van der Waals surface area contributed by atoms with Crippen LogP contribution in [0.15, 0.2) is 77.7 Å². The zero-order valence-corrected chi connectivity index (χ0v) is 19.8. The third-order valence-corrected chi connectivity index (χ3v) is 7.81. The van der Waals surface area contributed by atoms with Crippen molar-refractivity contribution < 1.29 is 17.9 Å². The Morgan fingerprint density at radius 1 is 1.06 bits per heavy atom. The normalized spacial score (nSPS) is 14.8. The first-order chi connectivity index (χ1) is 15.8. The lowest BCUT2D eigenvalue weighted by Gasteiger charge is -2.28. The quantitative estimate of drug-likeness (QED) is 0.541. The van der Waals surface area contributed by atoms with Crippen LogP contribution in [0, 0.1) is 0 Å². The van der Waals surface area contributed by atoms with Crippen molar-refractivity contribution in [3.8, 4) is 5.75 Å². The lowest BCUT2D eigenvalue weighted by atomic mass is 10.0. The SMILES string of the molecule is C[C@@H](NC(=O)COc1ccc(S(=O)(=O)N2CCc3ccccc3C2)cc1Cl)c1ccccc1. The topological polar surface area (TPSA) is 75.7 Å². The second kappa shape index (κ2) is 9.95. The molecular formula is C25H25ClN2O4S. The molecule has 0 bridgehead atoms. The van der Waals surface area contributed by atoms with Gasteiger partial charge < -0.3 is 10.1 Å². The number of hydrogen-bond donors (Lipinski definition) is 1. The van der Waals surface area contributed by atoms with Crippen LogP contribution in [0.5, 0.6) is 5.75 Å². The van der Waals surface area contributed by atoms with Crippen LogP contribution in [0.4, 0.5) is 0 Å². The summed E-state index contributed by atoms with van der Waals surface area (Å²) in [6.07, 6.45) is 0.668. The van der Waals surface area contributed by atoms with Crippen LogP contribution < -0.4 is 10.1 Å². The molecule has 0 saturated carbocycles. The molecular weight excluding hydrogens is 460 g/mol. The molecule has 0 aromatic heterocycles. The number of carbonyl (C=O) groups excluding carboxylic acids is 1. The fourth-order valence-corrected chi connectivity index (χ4v) is 5.58. The van der Waals surface area contributed by atoms with Gasteiger partial charge in [-0.15, -0.1) is 0 Å². The molecule has 8 heteroatoms. The number of nitrogens with zero attached hydrogens (tertiary/aromatic N) is 1. The Kier molecular flexibility index (Phi) is 7.02. The van der Waals surface area contributed by atoms with Crippen LogP contribution >= 0.6 is 11.6 Å². The molecule has 0 saturated heterocycles. The van der Waals surface area contributed by atoms with Crippen molar-refractivity contribution in [3.05, 3.63) is 94.5 Å². The zero-order chi connectivity index (χ0) is 23.4. The summed E-state index contributed by atoms with van der Waals surface area (Å²) in [6, 6.07) is 21.6. The van der Waals surface area contributed by atoms with Gasteiger partial charge in [0, 0.05) is 13.1 Å². The first-order valence-corrected chi connectivity index (χ1v) is 12.5. The van der Waals surface area contributed by atoms with E-state index < -0.39 is 10.0 Å². The molecule has 172 valence electrons. The molecule has 0 radical (unpaired) electrons. The zero-order valence-electron chi connectivity index (χ0n) is 18.2. The standard InChI is InChI=1S/C25H25ClN2O4S/c1-18(19-7-3-2-4-8-19)27-25(29)17-32-24-12-11-22(15-23(24)26)33(30,31)28-14-13-20-9-5-6-10-21(20)16-28/h2-12,15,18H,13-14,16-17H2,1H3,(H,27,29)/t18-/m1/s1. The van der Waals surface area contributed by atoms with Crippen molar-refractivity contribution >= 4 is 27.5 Å². The number of benzene rings is 3. The van der Waals surface area contributed by atoms with E-state index in [-0.39, 0.29) is 34.2 Å². The number of sulfonamides is 1. The highest BCUT2D eigenvalue weighted by Crippen LogP contribution is 2.31. The van der Waals surface area contributed by atoms with E-state index in [1.807, 2.05) is 61.5 Å². The minimum absolute atomic E-state index is 0.0985. The van der Waals surface area contributed by atoms with Crippen molar-refractivity contribution in [1.29, 1.82) is 0 Å². The number of fused-ring (bicyclic) bond motifs is 1. The number of nitrogens with one attached hydrogen (secondary N) is 1. The molecule has 0 spiro atoms. The average molecular weight is 485 g/mol. The summed E-state index contributed by atoms with van der Waals surface area (Å²) in [5.41, 5.74) is 3.17. The summed E-state index contributed by atoms with van der Waals surface area (Å²) in [5, 5.41) is 3.00. The van der Waals surface area contributed by atoms with Crippen LogP contribution in [0.25, 0.3) is 0 Å². The van der Waals surface area contributed by atoms with E-state index in [1.165, 1.54) is 28.1 Å². The predicted molar refractivity (Wildman–Crippen MR) is 128 cm³/mol. The molecule has 0 unspecified atom stereocenters. The molecule has 6 nitrogen and oxygen atoms in total. The van der Waals surface area contributed by atoms with Gasteiger partial charge in [-0.2, -0.15) is 4.31 Å². The first kappa shape index (κ1) is 23.3. The maximum Gasteiger partial charge on any atom is 0.258 e. The number of rotatable bonds is 7. The van der Waals surface area contributed by atoms with Gasteiger partial charge >= 0.3 is 0 Å². The maximum absolute atomic E-state index is 13.1. The molecule has 1 atom stereocenters. The second-order valence-corrected chi connectivity index (χ2v) is 10.3. The van der Waals surface area contributed by atoms with E-state index in [0.717, 1.165) is 11.1 Å². The molecule has 3 aromatic carbocycles. The molecule has 4 rings (SSSR count). The Morgan fingerprint density at radius 2 is 1.76 bits per heavy atom. The van der Waals surface area contributed by atoms with Gasteiger partial charge in [0.2, 0.25) is 10.0 Å². The molecule has 0 fully saturated rings. The van der Waals surface area contributed by atoms with Crippen molar-refractivity contribution in [2.75, 3.05) is 13.2 Å². The van der Waals surface area contributed by atoms with E-state index in [2.05, 4.69) is 5.32 Å². The Balaban J connectivity index is 1.39. The highest BCUT2D eigenvalue weighted by atomic mass is 35.5. The van der Waals surface area contributed by atoms with Gasteiger partial charge in [0.1, 0.15) is 5.75 Å². The predicted octanol–water partition coefficient (Wildman–Crippen LogP) is 4.34.